The number of unbranched alkanes of at least 4 members (excludes halogenated alkanes) is 1. The molecule has 3 rings (SSSR count). The molecule has 2 N–H and O–H groups in total. The first kappa shape index (κ1) is 31.8. The molecule has 0 aliphatic carbocycles. The molecule has 0 saturated heterocycles. The van der Waals surface area contributed by atoms with Gasteiger partial charge in [-0.1, -0.05) is 75.7 Å². The van der Waals surface area contributed by atoms with Crippen molar-refractivity contribution in [3.63, 3.8) is 0 Å². The molecule has 42 heavy (non-hydrogen) atoms. The van der Waals surface area contributed by atoms with E-state index in [1.807, 2.05) is 55.5 Å². The lowest BCUT2D eigenvalue weighted by Crippen LogP contribution is -2.51. The Hall–Kier alpha value is -4.68. The van der Waals surface area contributed by atoms with Crippen molar-refractivity contribution in [2.45, 2.75) is 71.6 Å². The summed E-state index contributed by atoms with van der Waals surface area (Å²) in [5.74, 6) is -1.13. The van der Waals surface area contributed by atoms with E-state index in [1.165, 1.54) is 11.9 Å². The van der Waals surface area contributed by atoms with E-state index in [4.69, 9.17) is 4.84 Å². The first-order valence-corrected chi connectivity index (χ1v) is 13.9. The van der Waals surface area contributed by atoms with Crippen LogP contribution in [0.1, 0.15) is 58.4 Å². The molecule has 1 unspecified atom stereocenters. The van der Waals surface area contributed by atoms with Crippen LogP contribution in [0.3, 0.4) is 0 Å². The smallest absolute Gasteiger partial charge is 0.295 e. The number of nitrogens with zero attached hydrogens (tertiary/aromatic N) is 5. The first-order chi connectivity index (χ1) is 20.2. The van der Waals surface area contributed by atoms with Gasteiger partial charge in [0.25, 0.3) is 5.09 Å². The summed E-state index contributed by atoms with van der Waals surface area (Å²) in [6, 6.07) is 14.2. The van der Waals surface area contributed by atoms with E-state index in [0.717, 1.165) is 28.7 Å². The van der Waals surface area contributed by atoms with Crippen LogP contribution in [0.2, 0.25) is 0 Å². The maximum Gasteiger partial charge on any atom is 0.295 e. The van der Waals surface area contributed by atoms with Gasteiger partial charge in [0.2, 0.25) is 17.6 Å². The van der Waals surface area contributed by atoms with E-state index in [9.17, 15) is 24.5 Å². The topological polar surface area (TPSA) is 173 Å². The zero-order valence-corrected chi connectivity index (χ0v) is 24.3. The lowest BCUT2D eigenvalue weighted by Gasteiger charge is -2.35. The Morgan fingerprint density at radius 1 is 1.07 bits per heavy atom. The molecule has 0 aliphatic heterocycles. The number of hydrogen-bond donors (Lipinski definition) is 2. The van der Waals surface area contributed by atoms with E-state index in [0.29, 0.717) is 12.2 Å². The third kappa shape index (κ3) is 8.41. The maximum atomic E-state index is 13.7. The number of carbonyl (C=O) groups is 3. The Morgan fingerprint density at radius 2 is 1.76 bits per heavy atom. The van der Waals surface area contributed by atoms with Gasteiger partial charge in [0.15, 0.2) is 11.9 Å². The molecule has 2 atom stereocenters. The van der Waals surface area contributed by atoms with Crippen LogP contribution in [0.5, 0.6) is 0 Å². The number of Topliss-reactive ketones (excluding diaryl/α,β-unsaturated/α-hetero) is 1. The Kier molecular flexibility index (Phi) is 11.6. The molecule has 1 heterocycles. The molecule has 0 aliphatic rings. The highest BCUT2D eigenvalue weighted by Gasteiger charge is 2.38. The van der Waals surface area contributed by atoms with Gasteiger partial charge < -0.3 is 15.1 Å². The van der Waals surface area contributed by atoms with Gasteiger partial charge in [-0.2, -0.15) is 5.21 Å². The first-order valence-electron chi connectivity index (χ1n) is 13.9. The lowest BCUT2D eigenvalue weighted by molar-refractivity contribution is -0.764. The van der Waals surface area contributed by atoms with E-state index >= 15 is 0 Å². The zero-order valence-electron chi connectivity index (χ0n) is 24.3. The largest absolute Gasteiger partial charge is 0.359 e. The summed E-state index contributed by atoms with van der Waals surface area (Å²) in [5.41, 5.74) is 3.37. The zero-order chi connectivity index (χ0) is 30.6. The van der Waals surface area contributed by atoms with Gasteiger partial charge >= 0.3 is 0 Å². The van der Waals surface area contributed by atoms with Crippen LogP contribution in [0.4, 0.5) is 0 Å². The number of aromatic amines is 1. The fraction of sp³-hybridized carbons (Fsp3) is 0.448. The SMILES string of the molecule is CCCCC(=O)N(Cc1ccc(-c2ccccc2-c2nn[nH]n2)cc1)[C@@H](C(=O)C(CCC(=O)NC)O[N+](=O)[O-])C(C)C. The maximum absolute atomic E-state index is 13.7. The van der Waals surface area contributed by atoms with Crippen LogP contribution in [-0.4, -0.2) is 67.4 Å². The van der Waals surface area contributed by atoms with Gasteiger partial charge in [0.1, 0.15) is 0 Å². The second kappa shape index (κ2) is 15.4. The lowest BCUT2D eigenvalue weighted by atomic mass is 9.91. The fourth-order valence-corrected chi connectivity index (χ4v) is 4.78. The van der Waals surface area contributed by atoms with Gasteiger partial charge in [0, 0.05) is 32.0 Å². The number of aromatic nitrogens is 4. The highest BCUT2D eigenvalue weighted by molar-refractivity contribution is 5.92. The van der Waals surface area contributed by atoms with Crippen LogP contribution in [0, 0.1) is 16.0 Å². The summed E-state index contributed by atoms with van der Waals surface area (Å²) < 4.78 is 0. The fourth-order valence-electron chi connectivity index (χ4n) is 4.78. The quantitative estimate of drug-likeness (QED) is 0.189. The highest BCUT2D eigenvalue weighted by atomic mass is 17.0. The summed E-state index contributed by atoms with van der Waals surface area (Å²) in [7, 11) is 1.44. The van der Waals surface area contributed by atoms with Crippen molar-refractivity contribution in [1.82, 2.24) is 30.8 Å². The number of H-pyrrole nitrogens is 1. The average molecular weight is 580 g/mol. The highest BCUT2D eigenvalue weighted by Crippen LogP contribution is 2.30. The molecular weight excluding hydrogens is 542 g/mol. The number of benzene rings is 2. The molecule has 0 radical (unpaired) electrons. The van der Waals surface area contributed by atoms with Crippen molar-refractivity contribution in [3.05, 3.63) is 64.2 Å². The van der Waals surface area contributed by atoms with Gasteiger partial charge in [-0.3, -0.25) is 14.4 Å². The van der Waals surface area contributed by atoms with Crippen LogP contribution < -0.4 is 5.32 Å². The minimum absolute atomic E-state index is 0.116. The standard InChI is InChI=1S/C29H37N7O6/c1-5-6-11-26(38)35(27(19(2)3)28(39)24(42-36(40)41)16-17-25(37)30-4)18-20-12-14-21(15-13-20)22-9-7-8-10-23(22)29-31-33-34-32-29/h7-10,12-15,19,24,27H,5-6,11,16-18H2,1-4H3,(H,30,37)(H,31,32,33,34)/t24?,27-/m1/s1. The van der Waals surface area contributed by atoms with Crippen LogP contribution >= 0.6 is 0 Å². The molecule has 2 aromatic carbocycles. The number of hydrogen-bond acceptors (Lipinski definition) is 9. The van der Waals surface area contributed by atoms with Gasteiger partial charge in [0.05, 0.1) is 6.04 Å². The minimum Gasteiger partial charge on any atom is -0.359 e. The number of rotatable bonds is 16. The van der Waals surface area contributed by atoms with E-state index in [-0.39, 0.29) is 43.5 Å². The summed E-state index contributed by atoms with van der Waals surface area (Å²) in [6.07, 6.45) is -0.173. The molecule has 13 heteroatoms. The van der Waals surface area contributed by atoms with Gasteiger partial charge in [-0.25, -0.2) is 0 Å². The van der Waals surface area contributed by atoms with Crippen molar-refractivity contribution < 1.29 is 24.3 Å². The van der Waals surface area contributed by atoms with E-state index in [1.54, 1.807) is 13.8 Å². The Bertz CT molecular complexity index is 1340. The number of carbonyl (C=O) groups excluding carboxylic acids is 3. The third-order valence-electron chi connectivity index (χ3n) is 6.90. The molecule has 0 bridgehead atoms. The predicted molar refractivity (Wildman–Crippen MR) is 154 cm³/mol. The van der Waals surface area contributed by atoms with Gasteiger partial charge in [-0.05, 0) is 40.7 Å². The van der Waals surface area contributed by atoms with Crippen LogP contribution in [-0.2, 0) is 25.8 Å². The predicted octanol–water partition coefficient (Wildman–Crippen LogP) is 3.75. The van der Waals surface area contributed by atoms with E-state index in [2.05, 4.69) is 25.9 Å². The molecule has 0 spiro atoms. The number of ketones is 1. The van der Waals surface area contributed by atoms with Gasteiger partial charge in [-0.15, -0.1) is 20.3 Å². The molecule has 3 aromatic rings. The van der Waals surface area contributed by atoms with E-state index < -0.39 is 23.0 Å². The molecule has 0 saturated carbocycles. The van der Waals surface area contributed by atoms with Crippen molar-refractivity contribution in [2.24, 2.45) is 5.92 Å². The van der Waals surface area contributed by atoms with Crippen molar-refractivity contribution in [3.8, 4) is 22.5 Å². The monoisotopic (exact) mass is 579 g/mol. The summed E-state index contributed by atoms with van der Waals surface area (Å²) in [5, 5.41) is 26.9. The molecule has 2 amide bonds. The molecule has 13 nitrogen and oxygen atoms in total. The van der Waals surface area contributed by atoms with Crippen molar-refractivity contribution >= 4 is 17.6 Å². The summed E-state index contributed by atoms with van der Waals surface area (Å²) in [4.78, 5) is 56.5. The number of amides is 2. The molecular formula is C29H37N7O6. The number of nitrogens with one attached hydrogen (secondary N) is 2. The molecule has 0 fully saturated rings. The second-order valence-electron chi connectivity index (χ2n) is 10.2. The summed E-state index contributed by atoms with van der Waals surface area (Å²) in [6.45, 7) is 5.64. The Labute approximate surface area is 244 Å². The van der Waals surface area contributed by atoms with Crippen LogP contribution in [0.15, 0.2) is 48.5 Å². The third-order valence-corrected chi connectivity index (χ3v) is 6.90. The average Bonchev–Trinajstić information content (AvgIpc) is 3.52. The molecule has 1 aromatic heterocycles. The summed E-state index contributed by atoms with van der Waals surface area (Å²) >= 11 is 0. The Balaban J connectivity index is 1.92. The normalized spacial score (nSPS) is 12.4. The minimum atomic E-state index is -1.49. The molecule has 224 valence electrons. The number of tetrazole rings is 1. The second-order valence-corrected chi connectivity index (χ2v) is 10.2. The van der Waals surface area contributed by atoms with Crippen LogP contribution in [0.25, 0.3) is 22.5 Å². The van der Waals surface area contributed by atoms with Crippen molar-refractivity contribution in [1.29, 1.82) is 0 Å². The Morgan fingerprint density at radius 3 is 2.33 bits per heavy atom. The van der Waals surface area contributed by atoms with Crippen molar-refractivity contribution in [2.75, 3.05) is 7.05 Å².